The van der Waals surface area contributed by atoms with Crippen molar-refractivity contribution in [2.45, 2.75) is 69.7 Å². The molecule has 1 aromatic carbocycles. The molecule has 36 heavy (non-hydrogen) atoms. The van der Waals surface area contributed by atoms with Gasteiger partial charge >= 0.3 is 5.97 Å². The van der Waals surface area contributed by atoms with E-state index in [1.807, 2.05) is 12.1 Å². The summed E-state index contributed by atoms with van der Waals surface area (Å²) < 4.78 is 22.7. The number of rotatable bonds is 12. The second-order valence-corrected chi connectivity index (χ2v) is 9.52. The fourth-order valence-electron chi connectivity index (χ4n) is 5.43. The van der Waals surface area contributed by atoms with Gasteiger partial charge in [0.05, 0.1) is 26.7 Å². The largest absolute Gasteiger partial charge is 0.493 e. The van der Waals surface area contributed by atoms with Crippen LogP contribution in [0.25, 0.3) is 0 Å². The van der Waals surface area contributed by atoms with Crippen LogP contribution in [0.2, 0.25) is 0 Å². The van der Waals surface area contributed by atoms with Gasteiger partial charge in [-0.3, -0.25) is 4.79 Å². The smallest absolute Gasteiger partial charge is 0.329 e. The lowest BCUT2D eigenvalue weighted by molar-refractivity contribution is -0.157. The number of amides is 1. The Morgan fingerprint density at radius 1 is 1.00 bits per heavy atom. The third-order valence-corrected chi connectivity index (χ3v) is 7.19. The summed E-state index contributed by atoms with van der Waals surface area (Å²) in [6.45, 7) is 8.52. The number of benzene rings is 1. The number of esters is 1. The van der Waals surface area contributed by atoms with Crippen LogP contribution < -0.4 is 14.2 Å². The van der Waals surface area contributed by atoms with Crippen LogP contribution in [-0.2, 0) is 14.3 Å². The van der Waals surface area contributed by atoms with Crippen molar-refractivity contribution in [3.8, 4) is 17.2 Å². The van der Waals surface area contributed by atoms with Crippen molar-refractivity contribution in [1.29, 1.82) is 0 Å². The molecule has 0 aromatic heterocycles. The lowest BCUT2D eigenvalue weighted by Crippen LogP contribution is -2.51. The van der Waals surface area contributed by atoms with E-state index < -0.39 is 12.0 Å². The molecule has 1 amide bonds. The summed E-state index contributed by atoms with van der Waals surface area (Å²) in [4.78, 5) is 28.9. The molecule has 7 nitrogen and oxygen atoms in total. The maximum atomic E-state index is 14.3. The highest BCUT2D eigenvalue weighted by atomic mass is 16.5. The van der Waals surface area contributed by atoms with Crippen LogP contribution in [0.4, 0.5) is 0 Å². The Morgan fingerprint density at radius 2 is 1.72 bits per heavy atom. The molecular weight excluding hydrogens is 458 g/mol. The van der Waals surface area contributed by atoms with Crippen molar-refractivity contribution >= 4 is 11.9 Å². The number of methoxy groups -OCH3 is 2. The Kier molecular flexibility index (Phi) is 10.7. The molecule has 0 unspecified atom stereocenters. The number of hydrogen-bond donors (Lipinski definition) is 0. The second-order valence-electron chi connectivity index (χ2n) is 9.52. The van der Waals surface area contributed by atoms with Gasteiger partial charge in [-0.25, -0.2) is 4.79 Å². The lowest BCUT2D eigenvalue weighted by Gasteiger charge is -2.39. The number of carbonyl (C=O) groups excluding carboxylic acids is 2. The molecule has 0 bridgehead atoms. The van der Waals surface area contributed by atoms with Crippen LogP contribution in [0.5, 0.6) is 17.2 Å². The van der Waals surface area contributed by atoms with Gasteiger partial charge in [-0.1, -0.05) is 38.0 Å². The molecule has 3 rings (SSSR count). The van der Waals surface area contributed by atoms with E-state index in [0.29, 0.717) is 43.2 Å². The first-order valence-electron chi connectivity index (χ1n) is 13.1. The molecule has 0 radical (unpaired) electrons. The summed E-state index contributed by atoms with van der Waals surface area (Å²) in [5.74, 6) is 0.971. The van der Waals surface area contributed by atoms with Gasteiger partial charge < -0.3 is 23.8 Å². The molecule has 0 N–H and O–H groups in total. The third-order valence-electron chi connectivity index (χ3n) is 7.19. The Balaban J connectivity index is 2.02. The minimum absolute atomic E-state index is 0.0218. The molecular formula is C29H41NO6. The predicted molar refractivity (Wildman–Crippen MR) is 140 cm³/mol. The molecule has 1 aliphatic heterocycles. The fraction of sp³-hybridized carbons (Fsp3) is 0.586. The van der Waals surface area contributed by atoms with Crippen molar-refractivity contribution in [3.63, 3.8) is 0 Å². The minimum atomic E-state index is -0.569. The van der Waals surface area contributed by atoms with Gasteiger partial charge in [0.2, 0.25) is 11.7 Å². The van der Waals surface area contributed by atoms with E-state index in [1.54, 1.807) is 31.3 Å². The molecule has 198 valence electrons. The average molecular weight is 500 g/mol. The average Bonchev–Trinajstić information content (AvgIpc) is 2.92. The Bertz CT molecular complexity index is 907. The molecule has 1 heterocycles. The second kappa shape index (κ2) is 14.0. The maximum absolute atomic E-state index is 14.3. The summed E-state index contributed by atoms with van der Waals surface area (Å²) in [6.07, 6.45) is 11.7. The van der Waals surface area contributed by atoms with Gasteiger partial charge in [0.25, 0.3) is 0 Å². The third kappa shape index (κ3) is 6.62. The van der Waals surface area contributed by atoms with Crippen LogP contribution in [0.3, 0.4) is 0 Å². The Morgan fingerprint density at radius 3 is 2.39 bits per heavy atom. The van der Waals surface area contributed by atoms with E-state index in [2.05, 4.69) is 13.2 Å². The first-order valence-corrected chi connectivity index (χ1v) is 13.1. The van der Waals surface area contributed by atoms with Gasteiger partial charge in [0.15, 0.2) is 11.5 Å². The molecule has 7 heteroatoms. The highest BCUT2D eigenvalue weighted by Gasteiger charge is 2.40. The molecule has 1 saturated heterocycles. The summed E-state index contributed by atoms with van der Waals surface area (Å²) >= 11 is 0. The summed E-state index contributed by atoms with van der Waals surface area (Å²) in [5, 5.41) is 0. The minimum Gasteiger partial charge on any atom is -0.493 e. The van der Waals surface area contributed by atoms with Crippen LogP contribution in [-0.4, -0.2) is 56.8 Å². The van der Waals surface area contributed by atoms with Crippen LogP contribution in [0.15, 0.2) is 37.4 Å². The van der Waals surface area contributed by atoms with E-state index in [-0.39, 0.29) is 24.4 Å². The first-order chi connectivity index (χ1) is 17.5. The highest BCUT2D eigenvalue weighted by molar-refractivity contribution is 5.89. The first kappa shape index (κ1) is 27.6. The fourth-order valence-corrected chi connectivity index (χ4v) is 5.43. The number of likely N-dealkylation sites (tertiary alicyclic amines) is 1. The van der Waals surface area contributed by atoms with Crippen molar-refractivity contribution < 1.29 is 28.5 Å². The Hall–Kier alpha value is -2.96. The van der Waals surface area contributed by atoms with Gasteiger partial charge in [-0.15, -0.1) is 6.58 Å². The highest BCUT2D eigenvalue weighted by Crippen LogP contribution is 2.45. The van der Waals surface area contributed by atoms with Crippen LogP contribution in [0.1, 0.15) is 69.3 Å². The Labute approximate surface area is 215 Å². The molecule has 1 saturated carbocycles. The van der Waals surface area contributed by atoms with Gasteiger partial charge in [-0.05, 0) is 62.1 Å². The van der Waals surface area contributed by atoms with Gasteiger partial charge in [0.1, 0.15) is 12.6 Å². The molecule has 1 aliphatic carbocycles. The lowest BCUT2D eigenvalue weighted by atomic mass is 9.75. The van der Waals surface area contributed by atoms with Crippen molar-refractivity contribution in [2.24, 2.45) is 5.92 Å². The SMILES string of the molecule is C=CCCOc1cc([C@@H](C(=O)N2CCCC[C@H]2C(=O)OCC=C)C2CCCCC2)cc(OC)c1OC. The van der Waals surface area contributed by atoms with Gasteiger partial charge in [0, 0.05) is 6.54 Å². The van der Waals surface area contributed by atoms with Gasteiger partial charge in [-0.2, -0.15) is 0 Å². The van der Waals surface area contributed by atoms with Crippen LogP contribution in [0, 0.1) is 5.92 Å². The number of piperidine rings is 1. The zero-order valence-corrected chi connectivity index (χ0v) is 21.8. The maximum Gasteiger partial charge on any atom is 0.329 e. The van der Waals surface area contributed by atoms with E-state index in [4.69, 9.17) is 18.9 Å². The van der Waals surface area contributed by atoms with E-state index >= 15 is 0 Å². The monoisotopic (exact) mass is 499 g/mol. The molecule has 2 aliphatic rings. The quantitative estimate of drug-likeness (QED) is 0.217. The summed E-state index contributed by atoms with van der Waals surface area (Å²) in [5.41, 5.74) is 0.835. The predicted octanol–water partition coefficient (Wildman–Crippen LogP) is 5.43. The van der Waals surface area contributed by atoms with E-state index in [0.717, 1.165) is 44.1 Å². The standard InChI is InChI=1S/C29H41NO6/c1-5-7-18-35-25-20-22(19-24(33-3)27(25)34-4)26(21-13-9-8-10-14-21)28(31)30-16-12-11-15-23(30)29(32)36-17-6-2/h5-6,19-21,23,26H,1-2,7-18H2,3-4H3/t23-,26-/m0/s1. The van der Waals surface area contributed by atoms with E-state index in [1.165, 1.54) is 6.42 Å². The summed E-state index contributed by atoms with van der Waals surface area (Å²) in [7, 11) is 3.16. The molecule has 2 atom stereocenters. The van der Waals surface area contributed by atoms with Crippen molar-refractivity contribution in [2.75, 3.05) is 34.0 Å². The van der Waals surface area contributed by atoms with Crippen molar-refractivity contribution in [1.82, 2.24) is 4.90 Å². The molecule has 0 spiro atoms. The number of carbonyl (C=O) groups is 2. The zero-order valence-electron chi connectivity index (χ0n) is 21.8. The molecule has 2 fully saturated rings. The molecule has 1 aromatic rings. The zero-order chi connectivity index (χ0) is 25.9. The topological polar surface area (TPSA) is 74.3 Å². The van der Waals surface area contributed by atoms with Crippen LogP contribution >= 0.6 is 0 Å². The number of hydrogen-bond acceptors (Lipinski definition) is 6. The van der Waals surface area contributed by atoms with E-state index in [9.17, 15) is 9.59 Å². The normalized spacial score (nSPS) is 19.2. The van der Waals surface area contributed by atoms with Crippen molar-refractivity contribution in [3.05, 3.63) is 43.0 Å². The summed E-state index contributed by atoms with van der Waals surface area (Å²) in [6, 6.07) is 3.24. The number of ether oxygens (including phenoxy) is 4. The number of nitrogens with zero attached hydrogens (tertiary/aromatic N) is 1.